The van der Waals surface area contributed by atoms with Gasteiger partial charge in [0.05, 0.1) is 7.11 Å². The first-order valence-electron chi connectivity index (χ1n) is 4.03. The molecule has 0 aromatic heterocycles. The van der Waals surface area contributed by atoms with Gasteiger partial charge in [0.15, 0.2) is 0 Å². The van der Waals surface area contributed by atoms with E-state index in [1.54, 1.807) is 18.2 Å². The average molecular weight is 195 g/mol. The summed E-state index contributed by atoms with van der Waals surface area (Å²) in [7, 11) is 2.93. The van der Waals surface area contributed by atoms with E-state index in [-0.39, 0.29) is 5.91 Å². The average Bonchev–Trinajstić information content (AvgIpc) is 2.14. The first-order valence-corrected chi connectivity index (χ1v) is 4.03. The zero-order chi connectivity index (χ0) is 10.7. The topological polar surface area (TPSA) is 81.6 Å². The Hall–Kier alpha value is -1.75. The highest BCUT2D eigenvalue weighted by molar-refractivity contribution is 5.95. The molecule has 0 bridgehead atoms. The number of hydroxylamine groups is 2. The molecule has 0 radical (unpaired) electrons. The Balaban J connectivity index is 3.01. The van der Waals surface area contributed by atoms with Crippen molar-refractivity contribution in [3.63, 3.8) is 0 Å². The minimum atomic E-state index is -0.286. The van der Waals surface area contributed by atoms with Crippen LogP contribution in [-0.4, -0.2) is 25.1 Å². The van der Waals surface area contributed by atoms with E-state index in [9.17, 15) is 4.79 Å². The molecule has 76 valence electrons. The van der Waals surface area contributed by atoms with Crippen LogP contribution in [0.2, 0.25) is 0 Å². The molecular formula is C9H13N3O2. The number of nitrogens with zero attached hydrogens (tertiary/aromatic N) is 1. The molecule has 1 aromatic carbocycles. The van der Waals surface area contributed by atoms with Crippen LogP contribution in [0.5, 0.6) is 0 Å². The van der Waals surface area contributed by atoms with Gasteiger partial charge in [-0.25, -0.2) is 5.06 Å². The van der Waals surface area contributed by atoms with Gasteiger partial charge in [-0.2, -0.15) is 0 Å². The maximum atomic E-state index is 11.6. The zero-order valence-electron chi connectivity index (χ0n) is 8.15. The Labute approximate surface area is 82.2 Å². The number of benzene rings is 1. The Morgan fingerprint density at radius 3 is 2.21 bits per heavy atom. The first-order chi connectivity index (χ1) is 6.54. The standard InChI is InChI=1S/C9H13N3O2/c1-12(14-2)9(13)6-3-7(10)5-8(11)4-6/h3-5H,10-11H2,1-2H3. The molecule has 5 heteroatoms. The van der Waals surface area contributed by atoms with E-state index < -0.39 is 0 Å². The Morgan fingerprint density at radius 1 is 1.29 bits per heavy atom. The number of carbonyl (C=O) groups is 1. The summed E-state index contributed by atoms with van der Waals surface area (Å²) in [5, 5.41) is 1.11. The van der Waals surface area contributed by atoms with Gasteiger partial charge in [0.2, 0.25) is 0 Å². The number of anilines is 2. The second-order valence-electron chi connectivity index (χ2n) is 2.87. The molecule has 14 heavy (non-hydrogen) atoms. The van der Waals surface area contributed by atoms with Gasteiger partial charge in [0, 0.05) is 24.0 Å². The van der Waals surface area contributed by atoms with Gasteiger partial charge >= 0.3 is 0 Å². The lowest BCUT2D eigenvalue weighted by atomic mass is 10.1. The van der Waals surface area contributed by atoms with Crippen molar-refractivity contribution < 1.29 is 9.63 Å². The summed E-state index contributed by atoms with van der Waals surface area (Å²) < 4.78 is 0. The molecule has 1 amide bonds. The third kappa shape index (κ3) is 2.14. The van der Waals surface area contributed by atoms with E-state index in [1.807, 2.05) is 0 Å². The molecule has 1 aromatic rings. The second-order valence-corrected chi connectivity index (χ2v) is 2.87. The van der Waals surface area contributed by atoms with Crippen LogP contribution in [0.3, 0.4) is 0 Å². The maximum Gasteiger partial charge on any atom is 0.277 e. The fraction of sp³-hybridized carbons (Fsp3) is 0.222. The van der Waals surface area contributed by atoms with Crippen molar-refractivity contribution in [1.29, 1.82) is 0 Å². The highest BCUT2D eigenvalue weighted by Crippen LogP contribution is 2.14. The van der Waals surface area contributed by atoms with Crippen molar-refractivity contribution in [1.82, 2.24) is 5.06 Å². The fourth-order valence-electron chi connectivity index (χ4n) is 1.06. The summed E-state index contributed by atoms with van der Waals surface area (Å²) in [6.45, 7) is 0. The molecular weight excluding hydrogens is 182 g/mol. The lowest BCUT2D eigenvalue weighted by Crippen LogP contribution is -2.25. The zero-order valence-corrected chi connectivity index (χ0v) is 8.15. The molecule has 0 saturated heterocycles. The van der Waals surface area contributed by atoms with Crippen LogP contribution >= 0.6 is 0 Å². The van der Waals surface area contributed by atoms with Gasteiger partial charge < -0.3 is 11.5 Å². The minimum absolute atomic E-state index is 0.286. The van der Waals surface area contributed by atoms with Crippen molar-refractivity contribution >= 4 is 17.3 Å². The number of rotatable bonds is 2. The van der Waals surface area contributed by atoms with Crippen molar-refractivity contribution in [2.75, 3.05) is 25.6 Å². The third-order valence-corrected chi connectivity index (χ3v) is 1.78. The molecule has 0 atom stereocenters. The number of hydrogen-bond donors (Lipinski definition) is 2. The van der Waals surface area contributed by atoms with Crippen molar-refractivity contribution in [2.45, 2.75) is 0 Å². The van der Waals surface area contributed by atoms with E-state index in [2.05, 4.69) is 0 Å². The van der Waals surface area contributed by atoms with Crippen LogP contribution < -0.4 is 11.5 Å². The van der Waals surface area contributed by atoms with Crippen molar-refractivity contribution in [2.24, 2.45) is 0 Å². The van der Waals surface area contributed by atoms with Crippen LogP contribution in [0.1, 0.15) is 10.4 Å². The van der Waals surface area contributed by atoms with Gasteiger partial charge in [0.1, 0.15) is 0 Å². The van der Waals surface area contributed by atoms with Crippen LogP contribution in [-0.2, 0) is 4.84 Å². The normalized spacial score (nSPS) is 9.86. The van der Waals surface area contributed by atoms with Crippen molar-refractivity contribution in [3.8, 4) is 0 Å². The van der Waals surface area contributed by atoms with Crippen LogP contribution in [0.25, 0.3) is 0 Å². The number of carbonyl (C=O) groups excluding carboxylic acids is 1. The van der Waals surface area contributed by atoms with E-state index >= 15 is 0 Å². The molecule has 0 aliphatic carbocycles. The number of hydrogen-bond acceptors (Lipinski definition) is 4. The molecule has 5 nitrogen and oxygen atoms in total. The van der Waals surface area contributed by atoms with Gasteiger partial charge in [-0.1, -0.05) is 0 Å². The smallest absolute Gasteiger partial charge is 0.277 e. The largest absolute Gasteiger partial charge is 0.399 e. The Bertz CT molecular complexity index is 332. The highest BCUT2D eigenvalue weighted by Gasteiger charge is 2.11. The molecule has 0 saturated carbocycles. The number of nitrogen functional groups attached to an aromatic ring is 2. The molecule has 0 spiro atoms. The lowest BCUT2D eigenvalue weighted by Gasteiger charge is -2.14. The minimum Gasteiger partial charge on any atom is -0.399 e. The third-order valence-electron chi connectivity index (χ3n) is 1.78. The van der Waals surface area contributed by atoms with Gasteiger partial charge in [0.25, 0.3) is 5.91 Å². The number of amides is 1. The SMILES string of the molecule is CON(C)C(=O)c1cc(N)cc(N)c1. The van der Waals surface area contributed by atoms with Crippen molar-refractivity contribution in [3.05, 3.63) is 23.8 Å². The lowest BCUT2D eigenvalue weighted by molar-refractivity contribution is -0.0756. The fourth-order valence-corrected chi connectivity index (χ4v) is 1.06. The molecule has 0 aliphatic heterocycles. The Kier molecular flexibility index (Phi) is 2.93. The first kappa shape index (κ1) is 10.3. The molecule has 0 fully saturated rings. The molecule has 0 aliphatic rings. The van der Waals surface area contributed by atoms with E-state index in [0.717, 1.165) is 5.06 Å². The summed E-state index contributed by atoms with van der Waals surface area (Å²) in [4.78, 5) is 16.3. The van der Waals surface area contributed by atoms with Crippen LogP contribution in [0.15, 0.2) is 18.2 Å². The highest BCUT2D eigenvalue weighted by atomic mass is 16.7. The van der Waals surface area contributed by atoms with Crippen LogP contribution in [0.4, 0.5) is 11.4 Å². The monoisotopic (exact) mass is 195 g/mol. The molecule has 0 unspecified atom stereocenters. The van der Waals surface area contributed by atoms with E-state index in [1.165, 1.54) is 14.2 Å². The predicted octanol–water partition coefficient (Wildman–Crippen LogP) is 0.484. The molecule has 1 rings (SSSR count). The Morgan fingerprint density at radius 2 is 1.79 bits per heavy atom. The maximum absolute atomic E-state index is 11.6. The van der Waals surface area contributed by atoms with Gasteiger partial charge in [-0.15, -0.1) is 0 Å². The summed E-state index contributed by atoms with van der Waals surface area (Å²) in [6.07, 6.45) is 0. The summed E-state index contributed by atoms with van der Waals surface area (Å²) in [6, 6.07) is 4.69. The van der Waals surface area contributed by atoms with Gasteiger partial charge in [-0.05, 0) is 18.2 Å². The van der Waals surface area contributed by atoms with Crippen LogP contribution in [0, 0.1) is 0 Å². The van der Waals surface area contributed by atoms with Gasteiger partial charge in [-0.3, -0.25) is 9.63 Å². The quantitative estimate of drug-likeness (QED) is 0.531. The van der Waals surface area contributed by atoms with E-state index in [0.29, 0.717) is 16.9 Å². The summed E-state index contributed by atoms with van der Waals surface area (Å²) in [5.41, 5.74) is 12.4. The molecule has 0 heterocycles. The predicted molar refractivity (Wildman–Crippen MR) is 54.4 cm³/mol. The van der Waals surface area contributed by atoms with E-state index in [4.69, 9.17) is 16.3 Å². The second kappa shape index (κ2) is 3.97. The molecule has 4 N–H and O–H groups in total. The summed E-state index contributed by atoms with van der Waals surface area (Å²) in [5.74, 6) is -0.286. The summed E-state index contributed by atoms with van der Waals surface area (Å²) >= 11 is 0. The number of nitrogens with two attached hydrogens (primary N) is 2.